The summed E-state index contributed by atoms with van der Waals surface area (Å²) in [5.74, 6) is 1.23. The van der Waals surface area contributed by atoms with Crippen molar-refractivity contribution in [3.05, 3.63) is 35.4 Å². The van der Waals surface area contributed by atoms with Crippen LogP contribution in [0, 0.1) is 11.8 Å². The Morgan fingerprint density at radius 3 is 2.42 bits per heavy atom. The van der Waals surface area contributed by atoms with Crippen molar-refractivity contribution in [2.24, 2.45) is 17.6 Å². The molecule has 0 spiro atoms. The van der Waals surface area contributed by atoms with Crippen LogP contribution in [0.15, 0.2) is 24.3 Å². The molecule has 19 heavy (non-hydrogen) atoms. The smallest absolute Gasteiger partial charge is 0.218 e. The molecule has 0 heterocycles. The van der Waals surface area contributed by atoms with Crippen LogP contribution in [0.4, 0.5) is 0 Å². The van der Waals surface area contributed by atoms with Gasteiger partial charge in [0.15, 0.2) is 0 Å². The van der Waals surface area contributed by atoms with Gasteiger partial charge in [0.2, 0.25) is 10.0 Å². The zero-order valence-electron chi connectivity index (χ0n) is 11.5. The number of benzene rings is 1. The van der Waals surface area contributed by atoms with E-state index in [4.69, 9.17) is 5.73 Å². The average molecular weight is 282 g/mol. The first-order valence-corrected chi connectivity index (χ1v) is 8.26. The minimum Gasteiger partial charge on any atom is -0.326 e. The van der Waals surface area contributed by atoms with Crippen LogP contribution in [0.5, 0.6) is 0 Å². The van der Waals surface area contributed by atoms with Gasteiger partial charge in [-0.15, -0.1) is 0 Å². The fourth-order valence-electron chi connectivity index (χ4n) is 2.30. The van der Waals surface area contributed by atoms with E-state index in [2.05, 4.69) is 6.92 Å². The Labute approximate surface area is 115 Å². The van der Waals surface area contributed by atoms with E-state index in [1.807, 2.05) is 24.3 Å². The normalized spacial score (nSPS) is 22.7. The highest BCUT2D eigenvalue weighted by molar-refractivity contribution is 7.88. The lowest BCUT2D eigenvalue weighted by atomic mass is 10.1. The molecular weight excluding hydrogens is 260 g/mol. The first-order chi connectivity index (χ1) is 8.94. The van der Waals surface area contributed by atoms with Gasteiger partial charge in [0.1, 0.15) is 0 Å². The van der Waals surface area contributed by atoms with Gasteiger partial charge in [-0.2, -0.15) is 0 Å². The van der Waals surface area contributed by atoms with Crippen LogP contribution in [0.2, 0.25) is 0 Å². The van der Waals surface area contributed by atoms with Crippen molar-refractivity contribution in [3.8, 4) is 0 Å². The highest BCUT2D eigenvalue weighted by atomic mass is 32.2. The molecule has 1 aliphatic carbocycles. The topological polar surface area (TPSA) is 63.4 Å². The SMILES string of the molecule is CC1CC1CN(C)S(=O)(=O)Cc1ccccc1CN. The maximum Gasteiger partial charge on any atom is 0.218 e. The molecule has 2 N–H and O–H groups in total. The van der Waals surface area contributed by atoms with Crippen molar-refractivity contribution in [3.63, 3.8) is 0 Å². The third kappa shape index (κ3) is 3.55. The van der Waals surface area contributed by atoms with E-state index in [-0.39, 0.29) is 5.75 Å². The summed E-state index contributed by atoms with van der Waals surface area (Å²) in [5, 5.41) is 0. The predicted molar refractivity (Wildman–Crippen MR) is 76.9 cm³/mol. The minimum absolute atomic E-state index is 0.0397. The molecule has 0 amide bonds. The number of hydrogen-bond acceptors (Lipinski definition) is 3. The molecule has 1 aromatic rings. The largest absolute Gasteiger partial charge is 0.326 e. The number of nitrogens with zero attached hydrogens (tertiary/aromatic N) is 1. The summed E-state index contributed by atoms with van der Waals surface area (Å²) in [6, 6.07) is 7.46. The molecule has 0 radical (unpaired) electrons. The average Bonchev–Trinajstić information content (AvgIpc) is 3.05. The fourth-order valence-corrected chi connectivity index (χ4v) is 3.62. The van der Waals surface area contributed by atoms with Crippen molar-refractivity contribution in [2.75, 3.05) is 13.6 Å². The predicted octanol–water partition coefficient (Wildman–Crippen LogP) is 1.56. The van der Waals surface area contributed by atoms with Gasteiger partial charge in [-0.05, 0) is 29.4 Å². The third-order valence-corrected chi connectivity index (χ3v) is 5.69. The lowest BCUT2D eigenvalue weighted by molar-refractivity contribution is 0.444. The monoisotopic (exact) mass is 282 g/mol. The van der Waals surface area contributed by atoms with Gasteiger partial charge < -0.3 is 5.73 Å². The van der Waals surface area contributed by atoms with Gasteiger partial charge in [-0.1, -0.05) is 31.2 Å². The van der Waals surface area contributed by atoms with Crippen LogP contribution in [-0.4, -0.2) is 26.3 Å². The van der Waals surface area contributed by atoms with Crippen molar-refractivity contribution >= 4 is 10.0 Å². The molecular formula is C14H22N2O2S. The molecule has 0 aromatic heterocycles. The summed E-state index contributed by atoms with van der Waals surface area (Å²) in [6.45, 7) is 3.16. The maximum atomic E-state index is 12.3. The van der Waals surface area contributed by atoms with Crippen molar-refractivity contribution < 1.29 is 8.42 Å². The van der Waals surface area contributed by atoms with Gasteiger partial charge >= 0.3 is 0 Å². The molecule has 0 aliphatic heterocycles. The van der Waals surface area contributed by atoms with E-state index in [1.54, 1.807) is 7.05 Å². The van der Waals surface area contributed by atoms with Crippen molar-refractivity contribution in [1.82, 2.24) is 4.31 Å². The second kappa shape index (κ2) is 5.61. The van der Waals surface area contributed by atoms with E-state index < -0.39 is 10.0 Å². The zero-order chi connectivity index (χ0) is 14.0. The molecule has 1 aliphatic rings. The van der Waals surface area contributed by atoms with E-state index in [0.717, 1.165) is 17.5 Å². The number of nitrogens with two attached hydrogens (primary N) is 1. The molecule has 5 heteroatoms. The van der Waals surface area contributed by atoms with E-state index in [0.29, 0.717) is 24.9 Å². The highest BCUT2D eigenvalue weighted by Crippen LogP contribution is 2.38. The second-order valence-electron chi connectivity index (χ2n) is 5.48. The summed E-state index contributed by atoms with van der Waals surface area (Å²) in [5.41, 5.74) is 7.35. The third-order valence-electron chi connectivity index (χ3n) is 3.92. The Balaban J connectivity index is 2.07. The fraction of sp³-hybridized carbons (Fsp3) is 0.571. The summed E-state index contributed by atoms with van der Waals surface area (Å²) < 4.78 is 26.1. The summed E-state index contributed by atoms with van der Waals surface area (Å²) >= 11 is 0. The first-order valence-electron chi connectivity index (χ1n) is 6.65. The number of hydrogen-bond donors (Lipinski definition) is 1. The zero-order valence-corrected chi connectivity index (χ0v) is 12.4. The Kier molecular flexibility index (Phi) is 4.28. The van der Waals surface area contributed by atoms with Crippen LogP contribution in [0.1, 0.15) is 24.5 Å². The molecule has 1 fully saturated rings. The first kappa shape index (κ1) is 14.5. The van der Waals surface area contributed by atoms with Gasteiger partial charge in [0, 0.05) is 20.1 Å². The van der Waals surface area contributed by atoms with E-state index >= 15 is 0 Å². The van der Waals surface area contributed by atoms with Crippen molar-refractivity contribution in [2.45, 2.75) is 25.6 Å². The molecule has 0 bridgehead atoms. The van der Waals surface area contributed by atoms with Gasteiger partial charge in [0.05, 0.1) is 5.75 Å². The van der Waals surface area contributed by atoms with E-state index in [1.165, 1.54) is 4.31 Å². The van der Waals surface area contributed by atoms with Gasteiger partial charge in [0.25, 0.3) is 0 Å². The Morgan fingerprint density at radius 2 is 1.89 bits per heavy atom. The van der Waals surface area contributed by atoms with Gasteiger partial charge in [-0.25, -0.2) is 12.7 Å². The molecule has 0 saturated heterocycles. The summed E-state index contributed by atoms with van der Waals surface area (Å²) in [6.07, 6.45) is 1.14. The second-order valence-corrected chi connectivity index (χ2v) is 7.56. The molecule has 106 valence electrons. The standard InChI is InChI=1S/C14H22N2O2S/c1-11-7-14(11)9-16(2)19(17,18)10-13-6-4-3-5-12(13)8-15/h3-6,11,14H,7-10,15H2,1-2H3. The van der Waals surface area contributed by atoms with Crippen molar-refractivity contribution in [1.29, 1.82) is 0 Å². The molecule has 4 nitrogen and oxygen atoms in total. The van der Waals surface area contributed by atoms with Crippen LogP contribution in [0.3, 0.4) is 0 Å². The minimum atomic E-state index is -3.25. The number of rotatable bonds is 6. The molecule has 2 atom stereocenters. The molecule has 1 aromatic carbocycles. The Hall–Kier alpha value is -0.910. The van der Waals surface area contributed by atoms with E-state index in [9.17, 15) is 8.42 Å². The van der Waals surface area contributed by atoms with Crippen LogP contribution < -0.4 is 5.73 Å². The van der Waals surface area contributed by atoms with Gasteiger partial charge in [-0.3, -0.25) is 0 Å². The van der Waals surface area contributed by atoms with Crippen LogP contribution in [-0.2, 0) is 22.3 Å². The lowest BCUT2D eigenvalue weighted by Crippen LogP contribution is -2.30. The van der Waals surface area contributed by atoms with Crippen LogP contribution >= 0.6 is 0 Å². The maximum absolute atomic E-state index is 12.3. The quantitative estimate of drug-likeness (QED) is 0.861. The lowest BCUT2D eigenvalue weighted by Gasteiger charge is -2.18. The molecule has 1 saturated carbocycles. The summed E-state index contributed by atoms with van der Waals surface area (Å²) in [4.78, 5) is 0. The van der Waals surface area contributed by atoms with Crippen LogP contribution in [0.25, 0.3) is 0 Å². The molecule has 2 rings (SSSR count). The summed E-state index contributed by atoms with van der Waals surface area (Å²) in [7, 11) is -1.57. The molecule has 2 unspecified atom stereocenters. The Bertz CT molecular complexity index is 542. The highest BCUT2D eigenvalue weighted by Gasteiger charge is 2.35. The Morgan fingerprint density at radius 1 is 1.32 bits per heavy atom. The number of sulfonamides is 1.